The Labute approximate surface area is 140 Å². The second-order valence-corrected chi connectivity index (χ2v) is 8.09. The Kier molecular flexibility index (Phi) is 3.13. The molecule has 2 bridgehead atoms. The van der Waals surface area contributed by atoms with Gasteiger partial charge in [0.05, 0.1) is 0 Å². The van der Waals surface area contributed by atoms with E-state index in [-0.39, 0.29) is 11.0 Å². The normalized spacial score (nSPS) is 32.3. The summed E-state index contributed by atoms with van der Waals surface area (Å²) in [5, 5.41) is 0. The van der Waals surface area contributed by atoms with E-state index in [9.17, 15) is 0 Å². The first-order chi connectivity index (χ1) is 11.0. The van der Waals surface area contributed by atoms with Crippen molar-refractivity contribution in [2.24, 2.45) is 5.41 Å². The summed E-state index contributed by atoms with van der Waals surface area (Å²) in [6.07, 6.45) is 14.3. The summed E-state index contributed by atoms with van der Waals surface area (Å²) < 4.78 is 0. The summed E-state index contributed by atoms with van der Waals surface area (Å²) in [6, 6.07) is 7.05. The van der Waals surface area contributed by atoms with Crippen LogP contribution in [0.5, 0.6) is 0 Å². The van der Waals surface area contributed by atoms with E-state index < -0.39 is 0 Å². The van der Waals surface area contributed by atoms with Gasteiger partial charge in [0.15, 0.2) is 0 Å². The molecular weight excluding hydrogens is 278 g/mol. The largest absolute Gasteiger partial charge is 0.338 e. The minimum Gasteiger partial charge on any atom is -0.338 e. The van der Waals surface area contributed by atoms with Crippen LogP contribution in [0.1, 0.15) is 58.1 Å². The average molecular weight is 305 g/mol. The molecule has 0 amide bonds. The van der Waals surface area contributed by atoms with Crippen LogP contribution >= 0.6 is 0 Å². The smallest absolute Gasteiger partial charge is 0.0489 e. The van der Waals surface area contributed by atoms with Crippen molar-refractivity contribution >= 4 is 11.8 Å². The highest BCUT2D eigenvalue weighted by molar-refractivity contribution is 5.75. The van der Waals surface area contributed by atoms with E-state index in [0.29, 0.717) is 0 Å². The van der Waals surface area contributed by atoms with Crippen molar-refractivity contribution in [1.29, 1.82) is 0 Å². The predicted molar refractivity (Wildman–Crippen MR) is 99.5 cm³/mol. The lowest BCUT2D eigenvalue weighted by molar-refractivity contribution is 0.368. The van der Waals surface area contributed by atoms with Crippen LogP contribution in [-0.4, -0.2) is 5.54 Å². The molecule has 4 rings (SSSR count). The Morgan fingerprint density at radius 3 is 2.83 bits per heavy atom. The third-order valence-corrected chi connectivity index (χ3v) is 5.89. The van der Waals surface area contributed by atoms with Crippen molar-refractivity contribution in [1.82, 2.24) is 0 Å². The Morgan fingerprint density at radius 2 is 2.04 bits per heavy atom. The maximum Gasteiger partial charge on any atom is 0.0489 e. The zero-order chi connectivity index (χ0) is 16.2. The summed E-state index contributed by atoms with van der Waals surface area (Å²) in [6.45, 7) is 9.24. The molecule has 1 nitrogen and oxygen atoms in total. The number of rotatable bonds is 1. The maximum atomic E-state index is 2.68. The van der Waals surface area contributed by atoms with Crippen LogP contribution in [-0.2, 0) is 6.42 Å². The zero-order valence-corrected chi connectivity index (χ0v) is 14.8. The van der Waals surface area contributed by atoms with E-state index in [0.717, 1.165) is 0 Å². The molecule has 23 heavy (non-hydrogen) atoms. The highest BCUT2D eigenvalue weighted by atomic mass is 15.3. The Bertz CT molecular complexity index is 751. The summed E-state index contributed by atoms with van der Waals surface area (Å²) >= 11 is 0. The fraction of sp³-hybridized carbons (Fsp3) is 0.455. The molecule has 1 aromatic carbocycles. The van der Waals surface area contributed by atoms with Gasteiger partial charge in [-0.2, -0.15) is 0 Å². The van der Waals surface area contributed by atoms with Crippen LogP contribution in [0.4, 0.5) is 5.69 Å². The molecule has 2 heterocycles. The quantitative estimate of drug-likeness (QED) is 0.626. The molecule has 0 aromatic heterocycles. The molecular formula is C22H27N. The van der Waals surface area contributed by atoms with Gasteiger partial charge in [0, 0.05) is 22.3 Å². The Hall–Kier alpha value is -1.76. The highest BCUT2D eigenvalue weighted by Gasteiger charge is 2.52. The number of hydrogen-bond acceptors (Lipinski definition) is 1. The van der Waals surface area contributed by atoms with Gasteiger partial charge in [-0.1, -0.05) is 42.9 Å². The molecule has 1 unspecified atom stereocenters. The maximum absolute atomic E-state index is 2.68. The van der Waals surface area contributed by atoms with Gasteiger partial charge in [0.1, 0.15) is 0 Å². The minimum absolute atomic E-state index is 0.201. The van der Waals surface area contributed by atoms with Gasteiger partial charge in [-0.15, -0.1) is 0 Å². The number of nitrogens with zero attached hydrogens (tertiary/aromatic N) is 1. The number of hydrogen-bond donors (Lipinski definition) is 0. The van der Waals surface area contributed by atoms with E-state index >= 15 is 0 Å². The monoisotopic (exact) mass is 305 g/mol. The third-order valence-electron chi connectivity index (χ3n) is 5.89. The van der Waals surface area contributed by atoms with E-state index in [2.05, 4.69) is 75.1 Å². The molecule has 0 spiro atoms. The minimum atomic E-state index is 0.201. The van der Waals surface area contributed by atoms with Crippen LogP contribution in [0, 0.1) is 5.41 Å². The summed E-state index contributed by atoms with van der Waals surface area (Å²) in [5.74, 6) is 0. The Balaban J connectivity index is 1.95. The molecule has 1 aliphatic carbocycles. The SMILES string of the molecule is C/C=C\c1ccc2cc1N1C3=CC(C)=CC3(C)C[C@@]1(C)CCC2. The lowest BCUT2D eigenvalue weighted by atomic mass is 9.80. The second-order valence-electron chi connectivity index (χ2n) is 8.09. The van der Waals surface area contributed by atoms with Gasteiger partial charge in [0.2, 0.25) is 0 Å². The van der Waals surface area contributed by atoms with Gasteiger partial charge in [-0.25, -0.2) is 0 Å². The summed E-state index contributed by atoms with van der Waals surface area (Å²) in [5.41, 5.74) is 7.57. The Morgan fingerprint density at radius 1 is 1.22 bits per heavy atom. The van der Waals surface area contributed by atoms with Crippen LogP contribution in [0.15, 0.2) is 47.7 Å². The van der Waals surface area contributed by atoms with Gasteiger partial charge in [-0.05, 0) is 69.7 Å². The van der Waals surface area contributed by atoms with E-state index in [4.69, 9.17) is 0 Å². The van der Waals surface area contributed by atoms with Crippen molar-refractivity contribution in [2.45, 2.75) is 58.9 Å². The fourth-order valence-electron chi connectivity index (χ4n) is 5.17. The molecule has 120 valence electrons. The summed E-state index contributed by atoms with van der Waals surface area (Å²) in [4.78, 5) is 2.68. The molecule has 1 saturated heterocycles. The molecule has 1 aromatic rings. The molecule has 3 aliphatic rings. The number of allylic oxidation sites excluding steroid dienone is 4. The van der Waals surface area contributed by atoms with Gasteiger partial charge >= 0.3 is 0 Å². The van der Waals surface area contributed by atoms with Gasteiger partial charge in [-0.3, -0.25) is 0 Å². The molecule has 2 atom stereocenters. The fourth-order valence-corrected chi connectivity index (χ4v) is 5.17. The lowest BCUT2D eigenvalue weighted by Crippen LogP contribution is -2.41. The van der Waals surface area contributed by atoms with Crippen LogP contribution in [0.3, 0.4) is 0 Å². The van der Waals surface area contributed by atoms with Crippen LogP contribution in [0.25, 0.3) is 6.08 Å². The first kappa shape index (κ1) is 14.8. The molecule has 0 N–H and O–H groups in total. The molecule has 1 fully saturated rings. The number of fused-ring (bicyclic) bond motifs is 6. The summed E-state index contributed by atoms with van der Waals surface area (Å²) in [7, 11) is 0. The van der Waals surface area contributed by atoms with E-state index in [1.54, 1.807) is 0 Å². The van der Waals surface area contributed by atoms with Crippen molar-refractivity contribution in [3.8, 4) is 0 Å². The first-order valence-electron chi connectivity index (χ1n) is 8.93. The van der Waals surface area contributed by atoms with Crippen molar-refractivity contribution < 1.29 is 0 Å². The zero-order valence-electron chi connectivity index (χ0n) is 14.8. The predicted octanol–water partition coefficient (Wildman–Crippen LogP) is 5.87. The van der Waals surface area contributed by atoms with E-state index in [1.807, 2.05) is 0 Å². The number of aryl methyl sites for hydroxylation is 1. The second kappa shape index (κ2) is 4.87. The van der Waals surface area contributed by atoms with E-state index in [1.165, 1.54) is 53.8 Å². The molecule has 0 radical (unpaired) electrons. The molecule has 0 saturated carbocycles. The average Bonchev–Trinajstić information content (AvgIpc) is 2.84. The third kappa shape index (κ3) is 2.13. The van der Waals surface area contributed by atoms with Crippen LogP contribution in [0.2, 0.25) is 0 Å². The first-order valence-corrected chi connectivity index (χ1v) is 8.93. The highest BCUT2D eigenvalue weighted by Crippen LogP contribution is 2.57. The topological polar surface area (TPSA) is 3.24 Å². The lowest BCUT2D eigenvalue weighted by Gasteiger charge is -2.40. The van der Waals surface area contributed by atoms with Crippen molar-refractivity contribution in [3.63, 3.8) is 0 Å². The number of anilines is 1. The standard InChI is InChI=1S/C22H27N/c1-5-7-18-10-9-17-8-6-11-22(4)15-21(3)14-16(2)12-20(21)23(22)19(18)13-17/h5,7,9-10,12-14H,6,8,11,15H2,1-4H3/b7-5-/t21?,22-/m1/s1. The van der Waals surface area contributed by atoms with Crippen LogP contribution < -0.4 is 4.90 Å². The van der Waals surface area contributed by atoms with Gasteiger partial charge < -0.3 is 4.90 Å². The van der Waals surface area contributed by atoms with Crippen molar-refractivity contribution in [3.05, 3.63) is 58.8 Å². The molecule has 2 aliphatic heterocycles. The number of benzene rings is 1. The molecule has 1 heteroatoms. The van der Waals surface area contributed by atoms with Gasteiger partial charge in [0.25, 0.3) is 0 Å². The van der Waals surface area contributed by atoms with Crippen molar-refractivity contribution in [2.75, 3.05) is 4.90 Å².